The number of rotatable bonds is 1. The Kier molecular flexibility index (Phi) is 2.23. The van der Waals surface area contributed by atoms with Crippen molar-refractivity contribution in [3.05, 3.63) is 0 Å². The molecule has 1 fully saturated rings. The van der Waals surface area contributed by atoms with Crippen molar-refractivity contribution in [2.45, 2.75) is 46.1 Å². The van der Waals surface area contributed by atoms with Gasteiger partial charge in [0.2, 0.25) is 0 Å². The van der Waals surface area contributed by atoms with E-state index >= 15 is 0 Å². The van der Waals surface area contributed by atoms with E-state index in [0.717, 1.165) is 19.3 Å². The van der Waals surface area contributed by atoms with Crippen LogP contribution in [0.15, 0.2) is 0 Å². The molecule has 1 radical (unpaired) electrons. The molecule has 0 N–H and O–H groups in total. The van der Waals surface area contributed by atoms with E-state index in [9.17, 15) is 5.11 Å². The van der Waals surface area contributed by atoms with Crippen LogP contribution in [-0.4, -0.2) is 6.10 Å². The fourth-order valence-electron chi connectivity index (χ4n) is 1.87. The summed E-state index contributed by atoms with van der Waals surface area (Å²) in [4.78, 5) is 0. The van der Waals surface area contributed by atoms with Crippen LogP contribution in [0, 0.1) is 23.2 Å². The van der Waals surface area contributed by atoms with Crippen LogP contribution in [0.2, 0.25) is 0 Å². The van der Waals surface area contributed by atoms with E-state index in [-0.39, 0.29) is 10.8 Å². The van der Waals surface area contributed by atoms with Crippen LogP contribution in [0.5, 0.6) is 0 Å². The lowest BCUT2D eigenvalue weighted by Gasteiger charge is -2.45. The quantitative estimate of drug-likeness (QED) is 0.532. The monoisotopic (exact) mass is 165 g/mol. The first-order valence-electron chi connectivity index (χ1n) is 4.56. The molecule has 1 saturated carbocycles. The first-order chi connectivity index (χ1) is 5.42. The van der Waals surface area contributed by atoms with Crippen molar-refractivity contribution in [3.63, 3.8) is 0 Å². The van der Waals surface area contributed by atoms with E-state index in [1.54, 1.807) is 0 Å². The smallest absolute Gasteiger partial charge is 0.114 e. The molecule has 0 spiro atoms. The van der Waals surface area contributed by atoms with Gasteiger partial charge in [-0.3, -0.25) is 0 Å². The van der Waals surface area contributed by atoms with Crippen LogP contribution in [0.1, 0.15) is 40.0 Å². The van der Waals surface area contributed by atoms with Gasteiger partial charge in [0.15, 0.2) is 0 Å². The Morgan fingerprint density at radius 2 is 1.92 bits per heavy atom. The fraction of sp³-hybridized carbons (Fsp3) is 0.818. The topological polar surface area (TPSA) is 19.9 Å². The average molecular weight is 165 g/mol. The predicted molar refractivity (Wildman–Crippen MR) is 49.0 cm³/mol. The lowest BCUT2D eigenvalue weighted by Crippen LogP contribution is -2.46. The second-order valence-electron chi connectivity index (χ2n) is 4.90. The van der Waals surface area contributed by atoms with Crippen molar-refractivity contribution in [1.29, 1.82) is 0 Å². The molecule has 1 atom stereocenters. The molecular formula is C11H17O. The van der Waals surface area contributed by atoms with Gasteiger partial charge in [-0.2, -0.15) is 0 Å². The van der Waals surface area contributed by atoms with Crippen molar-refractivity contribution in [2.24, 2.45) is 10.8 Å². The number of hydrogen-bond donors (Lipinski definition) is 0. The fourth-order valence-corrected chi connectivity index (χ4v) is 1.87. The largest absolute Gasteiger partial charge is 0.231 e. The second-order valence-corrected chi connectivity index (χ2v) is 4.90. The summed E-state index contributed by atoms with van der Waals surface area (Å²) in [6.07, 6.45) is 7.78. The molecule has 1 nitrogen and oxygen atoms in total. The lowest BCUT2D eigenvalue weighted by atomic mass is 9.60. The van der Waals surface area contributed by atoms with Gasteiger partial charge in [0.1, 0.15) is 6.10 Å². The average Bonchev–Trinajstić information content (AvgIpc) is 1.84. The van der Waals surface area contributed by atoms with E-state index in [2.05, 4.69) is 5.92 Å². The molecule has 67 valence electrons. The van der Waals surface area contributed by atoms with Gasteiger partial charge in [0.25, 0.3) is 0 Å². The van der Waals surface area contributed by atoms with Gasteiger partial charge in [-0.15, -0.1) is 6.42 Å². The van der Waals surface area contributed by atoms with Gasteiger partial charge in [-0.25, -0.2) is 5.11 Å². The second kappa shape index (κ2) is 2.78. The first kappa shape index (κ1) is 9.61. The third kappa shape index (κ3) is 1.36. The highest BCUT2D eigenvalue weighted by Crippen LogP contribution is 2.48. The van der Waals surface area contributed by atoms with Crippen LogP contribution in [0.3, 0.4) is 0 Å². The van der Waals surface area contributed by atoms with Crippen LogP contribution >= 0.6 is 0 Å². The standard InChI is InChI=1S/C11H17O/c1-5-11(7-6-8-11)9(12)10(2,3)4/h1,9H,6-8H2,2-4H3. The summed E-state index contributed by atoms with van der Waals surface area (Å²) >= 11 is 0. The molecule has 0 amide bonds. The molecule has 1 unspecified atom stereocenters. The minimum atomic E-state index is -0.608. The van der Waals surface area contributed by atoms with E-state index in [1.807, 2.05) is 20.8 Å². The Balaban J connectivity index is 2.75. The van der Waals surface area contributed by atoms with E-state index in [1.165, 1.54) is 0 Å². The lowest BCUT2D eigenvalue weighted by molar-refractivity contribution is -0.101. The number of hydrogen-bond acceptors (Lipinski definition) is 0. The summed E-state index contributed by atoms with van der Waals surface area (Å²) in [5, 5.41) is 11.9. The highest BCUT2D eigenvalue weighted by molar-refractivity contribution is 5.15. The van der Waals surface area contributed by atoms with Gasteiger partial charge < -0.3 is 0 Å². The van der Waals surface area contributed by atoms with Crippen LogP contribution in [0.25, 0.3) is 0 Å². The van der Waals surface area contributed by atoms with E-state index in [0.29, 0.717) is 0 Å². The van der Waals surface area contributed by atoms with Crippen molar-refractivity contribution >= 4 is 0 Å². The van der Waals surface area contributed by atoms with Gasteiger partial charge in [0, 0.05) is 0 Å². The maximum Gasteiger partial charge on any atom is 0.114 e. The van der Waals surface area contributed by atoms with Crippen molar-refractivity contribution in [1.82, 2.24) is 0 Å². The van der Waals surface area contributed by atoms with Gasteiger partial charge in [-0.1, -0.05) is 33.1 Å². The minimum Gasteiger partial charge on any atom is -0.231 e. The third-order valence-electron chi connectivity index (χ3n) is 2.82. The van der Waals surface area contributed by atoms with Crippen molar-refractivity contribution in [3.8, 4) is 12.3 Å². The van der Waals surface area contributed by atoms with Gasteiger partial charge in [-0.05, 0) is 18.3 Å². The van der Waals surface area contributed by atoms with Crippen LogP contribution < -0.4 is 0 Å². The molecule has 0 heterocycles. The van der Waals surface area contributed by atoms with Gasteiger partial charge in [0.05, 0.1) is 5.41 Å². The first-order valence-corrected chi connectivity index (χ1v) is 4.56. The molecule has 1 heteroatoms. The van der Waals surface area contributed by atoms with Crippen LogP contribution in [-0.2, 0) is 5.11 Å². The van der Waals surface area contributed by atoms with E-state index < -0.39 is 6.10 Å². The Morgan fingerprint density at radius 1 is 1.42 bits per heavy atom. The molecule has 0 bridgehead atoms. The zero-order valence-corrected chi connectivity index (χ0v) is 8.18. The summed E-state index contributed by atoms with van der Waals surface area (Å²) in [5.74, 6) is 2.71. The summed E-state index contributed by atoms with van der Waals surface area (Å²) < 4.78 is 0. The normalized spacial score (nSPS) is 23.9. The molecule has 0 saturated heterocycles. The van der Waals surface area contributed by atoms with Crippen LogP contribution in [0.4, 0.5) is 0 Å². The molecule has 0 aromatic heterocycles. The molecule has 0 aliphatic heterocycles. The zero-order valence-electron chi connectivity index (χ0n) is 8.18. The molecule has 1 aliphatic carbocycles. The Bertz CT molecular complexity index is 200. The van der Waals surface area contributed by atoms with E-state index in [4.69, 9.17) is 6.42 Å². The summed E-state index contributed by atoms with van der Waals surface area (Å²) in [6, 6.07) is 0. The predicted octanol–water partition coefficient (Wildman–Crippen LogP) is 2.64. The molecule has 1 aliphatic rings. The van der Waals surface area contributed by atoms with Gasteiger partial charge >= 0.3 is 0 Å². The highest BCUT2D eigenvalue weighted by Gasteiger charge is 2.47. The van der Waals surface area contributed by atoms with Crippen molar-refractivity contribution < 1.29 is 5.11 Å². The minimum absolute atomic E-state index is 0.202. The molecule has 1 rings (SSSR count). The summed E-state index contributed by atoms with van der Waals surface area (Å²) in [7, 11) is 0. The molecular weight excluding hydrogens is 148 g/mol. The number of terminal acetylenes is 1. The highest BCUT2D eigenvalue weighted by atomic mass is 16.3. The third-order valence-corrected chi connectivity index (χ3v) is 2.82. The Hall–Kier alpha value is -0.480. The van der Waals surface area contributed by atoms with Crippen molar-refractivity contribution in [2.75, 3.05) is 0 Å². The SMILES string of the molecule is C#CC1(C([O])C(C)(C)C)CCC1. The maximum absolute atomic E-state index is 11.9. The molecule has 0 aromatic rings. The maximum atomic E-state index is 11.9. The Morgan fingerprint density at radius 3 is 2.00 bits per heavy atom. The zero-order chi connectivity index (χ0) is 9.41. The summed E-state index contributed by atoms with van der Waals surface area (Å²) in [5.41, 5.74) is -0.523. The molecule has 12 heavy (non-hydrogen) atoms. The Labute approximate surface area is 75.2 Å². The molecule has 0 aromatic carbocycles. The summed E-state index contributed by atoms with van der Waals surface area (Å²) in [6.45, 7) is 5.92.